The number of nitrogens with one attached hydrogen (secondary N) is 1. The number of amides is 1. The molecule has 0 radical (unpaired) electrons. The van der Waals surface area contributed by atoms with Crippen molar-refractivity contribution in [2.45, 2.75) is 31.6 Å². The van der Waals surface area contributed by atoms with Crippen molar-refractivity contribution in [3.8, 4) is 5.75 Å². The minimum Gasteiger partial charge on any atom is -0.497 e. The van der Waals surface area contributed by atoms with Crippen LogP contribution in [0.15, 0.2) is 24.3 Å². The van der Waals surface area contributed by atoms with Crippen molar-refractivity contribution >= 4 is 14.0 Å². The molecule has 1 aromatic carbocycles. The van der Waals surface area contributed by atoms with Gasteiger partial charge in [-0.2, -0.15) is 0 Å². The number of carbonyl (C=O) groups is 1. The molecule has 0 aliphatic heterocycles. The summed E-state index contributed by atoms with van der Waals surface area (Å²) in [7, 11) is 1.92. The Morgan fingerprint density at radius 1 is 1.28 bits per heavy atom. The summed E-state index contributed by atoms with van der Waals surface area (Å²) in [4.78, 5) is 11.7. The second kappa shape index (κ2) is 6.04. The summed E-state index contributed by atoms with van der Waals surface area (Å²) in [5.74, 6) is 0.964. The fourth-order valence-corrected chi connectivity index (χ4v) is 4.04. The molecule has 0 saturated carbocycles. The summed E-state index contributed by atoms with van der Waals surface area (Å²) < 4.78 is 5.17. The molecule has 4 heteroatoms. The highest BCUT2D eigenvalue weighted by Crippen LogP contribution is 2.31. The lowest BCUT2D eigenvalue weighted by Crippen LogP contribution is -2.35. The zero-order valence-corrected chi connectivity index (χ0v) is 12.9. The van der Waals surface area contributed by atoms with Crippen molar-refractivity contribution in [2.24, 2.45) is 0 Å². The predicted octanol–water partition coefficient (Wildman–Crippen LogP) is 2.79. The number of hydrogen-bond acceptors (Lipinski definition) is 2. The van der Waals surface area contributed by atoms with Crippen LogP contribution >= 0.6 is 0 Å². The van der Waals surface area contributed by atoms with Gasteiger partial charge in [0.2, 0.25) is 5.91 Å². The number of hydrogen-bond donors (Lipinski definition) is 1. The fourth-order valence-electron chi connectivity index (χ4n) is 2.05. The van der Waals surface area contributed by atoms with Crippen LogP contribution in [0.1, 0.15) is 17.5 Å². The second-order valence-corrected chi connectivity index (χ2v) is 11.0. The first-order valence-electron chi connectivity index (χ1n) is 6.23. The van der Waals surface area contributed by atoms with Crippen LogP contribution in [0.5, 0.6) is 5.75 Å². The number of carbonyl (C=O) groups excluding carboxylic acids is 1. The minimum atomic E-state index is -1.44. The third-order valence-corrected chi connectivity index (χ3v) is 5.86. The molecule has 3 nitrogen and oxygen atoms in total. The van der Waals surface area contributed by atoms with Crippen molar-refractivity contribution in [3.63, 3.8) is 0 Å². The van der Waals surface area contributed by atoms with E-state index < -0.39 is 8.07 Å². The highest BCUT2D eigenvalue weighted by Gasteiger charge is 2.29. The largest absolute Gasteiger partial charge is 0.497 e. The van der Waals surface area contributed by atoms with Gasteiger partial charge in [-0.3, -0.25) is 4.79 Å². The molecule has 1 N–H and O–H groups in total. The molecule has 0 saturated heterocycles. The molecule has 18 heavy (non-hydrogen) atoms. The average molecular weight is 265 g/mol. The highest BCUT2D eigenvalue weighted by atomic mass is 28.3. The van der Waals surface area contributed by atoms with Gasteiger partial charge in [0.25, 0.3) is 0 Å². The summed E-state index contributed by atoms with van der Waals surface area (Å²) >= 11 is 0. The quantitative estimate of drug-likeness (QED) is 0.831. The standard InChI is InChI=1S/C14H23NO2Si/c1-15-14(16)10-13(18(3,4)5)11-6-8-12(17-2)9-7-11/h6-9,13H,10H2,1-5H3,(H,15,16)/t13-/m1/s1. The Bertz CT molecular complexity index is 395. The zero-order chi connectivity index (χ0) is 13.8. The lowest BCUT2D eigenvalue weighted by molar-refractivity contribution is -0.120. The second-order valence-electron chi connectivity index (χ2n) is 5.57. The lowest BCUT2D eigenvalue weighted by atomic mass is 10.1. The molecule has 0 unspecified atom stereocenters. The summed E-state index contributed by atoms with van der Waals surface area (Å²) in [6.45, 7) is 6.89. The molecular weight excluding hydrogens is 242 g/mol. The zero-order valence-electron chi connectivity index (χ0n) is 11.9. The highest BCUT2D eigenvalue weighted by molar-refractivity contribution is 6.77. The third kappa shape index (κ3) is 3.87. The third-order valence-electron chi connectivity index (χ3n) is 3.23. The van der Waals surface area contributed by atoms with Crippen LogP contribution in [0.4, 0.5) is 0 Å². The van der Waals surface area contributed by atoms with E-state index in [0.717, 1.165) is 5.75 Å². The first-order chi connectivity index (χ1) is 8.38. The minimum absolute atomic E-state index is 0.109. The van der Waals surface area contributed by atoms with E-state index in [1.54, 1.807) is 14.2 Å². The van der Waals surface area contributed by atoms with E-state index in [1.165, 1.54) is 5.56 Å². The van der Waals surface area contributed by atoms with Gasteiger partial charge in [0.05, 0.1) is 15.2 Å². The maximum atomic E-state index is 11.7. The first kappa shape index (κ1) is 14.8. The maximum absolute atomic E-state index is 11.7. The molecule has 0 aliphatic rings. The van der Waals surface area contributed by atoms with Gasteiger partial charge in [-0.1, -0.05) is 31.8 Å². The molecule has 0 bridgehead atoms. The van der Waals surface area contributed by atoms with E-state index in [-0.39, 0.29) is 5.91 Å². The molecule has 100 valence electrons. The predicted molar refractivity (Wildman–Crippen MR) is 77.8 cm³/mol. The van der Waals surface area contributed by atoms with E-state index in [9.17, 15) is 4.79 Å². The molecule has 0 aliphatic carbocycles. The monoisotopic (exact) mass is 265 g/mol. The average Bonchev–Trinajstić information content (AvgIpc) is 2.34. The summed E-state index contributed by atoms with van der Waals surface area (Å²) in [5, 5.41) is 2.72. The molecule has 0 aromatic heterocycles. The van der Waals surface area contributed by atoms with Crippen LogP contribution in [0.25, 0.3) is 0 Å². The molecule has 0 heterocycles. The maximum Gasteiger partial charge on any atom is 0.220 e. The Hall–Kier alpha value is -1.29. The van der Waals surface area contributed by atoms with Gasteiger partial charge in [0, 0.05) is 13.5 Å². The molecule has 1 aromatic rings. The van der Waals surface area contributed by atoms with E-state index >= 15 is 0 Å². The van der Waals surface area contributed by atoms with Gasteiger partial charge in [-0.05, 0) is 23.2 Å². The van der Waals surface area contributed by atoms with Crippen LogP contribution < -0.4 is 10.1 Å². The SMILES string of the molecule is CNC(=O)C[C@H](c1ccc(OC)cc1)[Si](C)(C)C. The van der Waals surface area contributed by atoms with Gasteiger partial charge in [-0.25, -0.2) is 0 Å². The number of ether oxygens (including phenoxy) is 1. The Morgan fingerprint density at radius 2 is 1.83 bits per heavy atom. The topological polar surface area (TPSA) is 38.3 Å². The molecular formula is C14H23NO2Si. The molecule has 0 fully saturated rings. The van der Waals surface area contributed by atoms with Crippen molar-refractivity contribution in [1.29, 1.82) is 0 Å². The first-order valence-corrected chi connectivity index (χ1v) is 9.80. The van der Waals surface area contributed by atoms with Gasteiger partial charge < -0.3 is 10.1 Å². The molecule has 0 spiro atoms. The van der Waals surface area contributed by atoms with Crippen LogP contribution in [0, 0.1) is 0 Å². The van der Waals surface area contributed by atoms with Crippen molar-refractivity contribution in [3.05, 3.63) is 29.8 Å². The van der Waals surface area contributed by atoms with Gasteiger partial charge in [0.1, 0.15) is 5.75 Å². The van der Waals surface area contributed by atoms with E-state index in [2.05, 4.69) is 37.1 Å². The van der Waals surface area contributed by atoms with Crippen LogP contribution in [0.2, 0.25) is 19.6 Å². The summed E-state index contributed by atoms with van der Waals surface area (Å²) in [6, 6.07) is 8.08. The van der Waals surface area contributed by atoms with Crippen molar-refractivity contribution in [2.75, 3.05) is 14.2 Å². The Morgan fingerprint density at radius 3 is 2.22 bits per heavy atom. The van der Waals surface area contributed by atoms with Gasteiger partial charge in [0.15, 0.2) is 0 Å². The van der Waals surface area contributed by atoms with E-state index in [0.29, 0.717) is 12.0 Å². The van der Waals surface area contributed by atoms with E-state index in [1.807, 2.05) is 12.1 Å². The number of methoxy groups -OCH3 is 1. The molecule has 1 amide bonds. The summed E-state index contributed by atoms with van der Waals surface area (Å²) in [6.07, 6.45) is 0.568. The van der Waals surface area contributed by atoms with Crippen LogP contribution in [-0.2, 0) is 4.79 Å². The normalized spacial score (nSPS) is 12.9. The van der Waals surface area contributed by atoms with Crippen molar-refractivity contribution < 1.29 is 9.53 Å². The summed E-state index contributed by atoms with van der Waals surface area (Å²) in [5.41, 5.74) is 1.57. The Kier molecular flexibility index (Phi) is 4.96. The van der Waals surface area contributed by atoms with Crippen LogP contribution in [0.3, 0.4) is 0 Å². The van der Waals surface area contributed by atoms with Gasteiger partial charge in [-0.15, -0.1) is 0 Å². The smallest absolute Gasteiger partial charge is 0.220 e. The van der Waals surface area contributed by atoms with Gasteiger partial charge >= 0.3 is 0 Å². The Labute approximate surface area is 111 Å². The van der Waals surface area contributed by atoms with Crippen molar-refractivity contribution in [1.82, 2.24) is 5.32 Å². The molecule has 1 atom stereocenters. The number of benzene rings is 1. The van der Waals surface area contributed by atoms with Crippen LogP contribution in [-0.4, -0.2) is 28.1 Å². The fraction of sp³-hybridized carbons (Fsp3) is 0.500. The Balaban J connectivity index is 2.98. The van der Waals surface area contributed by atoms with E-state index in [4.69, 9.17) is 4.74 Å². The molecule has 1 rings (SSSR count). The number of rotatable bonds is 5. The lowest BCUT2D eigenvalue weighted by Gasteiger charge is -2.29.